The van der Waals surface area contributed by atoms with Gasteiger partial charge >= 0.3 is 0 Å². The minimum Gasteiger partial charge on any atom is -0.456 e. The minimum absolute atomic E-state index is 0.459. The number of para-hydroxylation sites is 1. The molecule has 0 amide bonds. The second-order valence-electron chi connectivity index (χ2n) is 11.8. The van der Waals surface area contributed by atoms with Crippen molar-refractivity contribution in [3.63, 3.8) is 0 Å². The van der Waals surface area contributed by atoms with Gasteiger partial charge in [-0.3, -0.25) is 0 Å². The maximum Gasteiger partial charge on any atom is 0.149 e. The van der Waals surface area contributed by atoms with Gasteiger partial charge < -0.3 is 4.42 Å². The number of nitrogens with zero attached hydrogens (tertiary/aromatic N) is 2. The monoisotopic (exact) mass is 626 g/mol. The molecule has 0 unspecified atom stereocenters. The third-order valence-electron chi connectivity index (χ3n) is 9.68. The van der Waals surface area contributed by atoms with Gasteiger partial charge in [0.2, 0.25) is 0 Å². The van der Waals surface area contributed by atoms with Crippen LogP contribution in [0.2, 0.25) is 0 Å². The van der Waals surface area contributed by atoms with Gasteiger partial charge in [0.05, 0.1) is 11.2 Å². The van der Waals surface area contributed by atoms with Crippen LogP contribution in [0.5, 0.6) is 0 Å². The summed E-state index contributed by atoms with van der Waals surface area (Å²) in [6.45, 7) is 0. The van der Waals surface area contributed by atoms with Crippen molar-refractivity contribution < 1.29 is 4.42 Å². The van der Waals surface area contributed by atoms with E-state index in [1.165, 1.54) is 33.4 Å². The molecule has 2 bridgehead atoms. The van der Waals surface area contributed by atoms with Crippen molar-refractivity contribution in [2.24, 2.45) is 0 Å². The number of alkyl halides is 1. The number of fused-ring (bicyclic) bond motifs is 4. The topological polar surface area (TPSA) is 38.9 Å². The van der Waals surface area contributed by atoms with Gasteiger partial charge in [-0.25, -0.2) is 9.97 Å². The molecule has 3 nitrogen and oxygen atoms in total. The second kappa shape index (κ2) is 8.52. The zero-order valence-corrected chi connectivity index (χ0v) is 25.0. The molecule has 8 aromatic rings. The summed E-state index contributed by atoms with van der Waals surface area (Å²) in [7, 11) is 0. The fourth-order valence-electron chi connectivity index (χ4n) is 7.89. The second-order valence-corrected chi connectivity index (χ2v) is 13.0. The van der Waals surface area contributed by atoms with E-state index in [2.05, 4.69) is 137 Å². The fraction of sp³-hybridized carbons (Fsp3) is 0.0500. The molecule has 3 aliphatic rings. The van der Waals surface area contributed by atoms with E-state index in [9.17, 15) is 0 Å². The van der Waals surface area contributed by atoms with E-state index < -0.39 is 9.74 Å². The molecule has 0 radical (unpaired) electrons. The van der Waals surface area contributed by atoms with Crippen molar-refractivity contribution in [3.05, 3.63) is 179 Å². The zero-order chi connectivity index (χ0) is 29.0. The summed E-state index contributed by atoms with van der Waals surface area (Å²) in [6, 6.07) is 49.4. The normalized spacial score (nSPS) is 19.7. The average molecular weight is 628 g/mol. The van der Waals surface area contributed by atoms with Gasteiger partial charge in [-0.15, -0.1) is 0 Å². The highest BCUT2D eigenvalue weighted by molar-refractivity contribution is 9.10. The third-order valence-corrected chi connectivity index (χ3v) is 11.0. The Balaban J connectivity index is 1.41. The van der Waals surface area contributed by atoms with Crippen LogP contribution >= 0.6 is 15.9 Å². The van der Waals surface area contributed by atoms with Gasteiger partial charge in [-0.1, -0.05) is 137 Å². The first kappa shape index (κ1) is 24.4. The highest BCUT2D eigenvalue weighted by Gasteiger charge is 2.59. The van der Waals surface area contributed by atoms with E-state index in [1.54, 1.807) is 0 Å². The summed E-state index contributed by atoms with van der Waals surface area (Å²) in [5, 5.41) is 3.12. The summed E-state index contributed by atoms with van der Waals surface area (Å²) in [5.41, 5.74) is 11.2. The van der Waals surface area contributed by atoms with E-state index >= 15 is 0 Å². The van der Waals surface area contributed by atoms with Gasteiger partial charge in [0.1, 0.15) is 26.7 Å². The molecule has 0 spiro atoms. The number of benzene rings is 6. The molecule has 0 aliphatic heterocycles. The van der Waals surface area contributed by atoms with Crippen molar-refractivity contribution >= 4 is 48.8 Å². The van der Waals surface area contributed by atoms with Crippen LogP contribution < -0.4 is 0 Å². The Morgan fingerprint density at radius 3 is 1.66 bits per heavy atom. The van der Waals surface area contributed by atoms with Crippen molar-refractivity contribution in [2.75, 3.05) is 0 Å². The molecule has 3 aliphatic carbocycles. The Morgan fingerprint density at radius 1 is 0.477 bits per heavy atom. The number of furan rings is 1. The lowest BCUT2D eigenvalue weighted by Gasteiger charge is -2.53. The van der Waals surface area contributed by atoms with Crippen molar-refractivity contribution in [3.8, 4) is 11.3 Å². The third kappa shape index (κ3) is 2.87. The Bertz CT molecular complexity index is 2360. The molecule has 6 aromatic carbocycles. The van der Waals surface area contributed by atoms with Crippen LogP contribution in [0.4, 0.5) is 0 Å². The van der Waals surface area contributed by atoms with E-state index in [1.807, 2.05) is 18.2 Å². The van der Waals surface area contributed by atoms with Crippen LogP contribution in [0.25, 0.3) is 44.1 Å². The number of hydrogen-bond acceptors (Lipinski definition) is 3. The smallest absolute Gasteiger partial charge is 0.149 e. The molecule has 11 rings (SSSR count). The van der Waals surface area contributed by atoms with Crippen molar-refractivity contribution in [1.82, 2.24) is 9.97 Å². The molecular weight excluding hydrogens is 604 g/mol. The summed E-state index contributed by atoms with van der Waals surface area (Å²) < 4.78 is 5.88. The first-order valence-corrected chi connectivity index (χ1v) is 15.7. The van der Waals surface area contributed by atoms with E-state index in [0.717, 1.165) is 49.9 Å². The molecule has 2 aromatic heterocycles. The van der Waals surface area contributed by atoms with Crippen LogP contribution in [-0.4, -0.2) is 9.97 Å². The lowest BCUT2D eigenvalue weighted by molar-refractivity contribution is 0.583. The van der Waals surface area contributed by atoms with Gasteiger partial charge in [-0.05, 0) is 51.6 Å². The van der Waals surface area contributed by atoms with Crippen LogP contribution in [0.3, 0.4) is 0 Å². The molecule has 0 atom stereocenters. The lowest BCUT2D eigenvalue weighted by atomic mass is 9.52. The molecule has 2 heterocycles. The Labute approximate surface area is 262 Å². The van der Waals surface area contributed by atoms with Crippen molar-refractivity contribution in [2.45, 2.75) is 9.74 Å². The van der Waals surface area contributed by atoms with Crippen LogP contribution in [0, 0.1) is 0 Å². The van der Waals surface area contributed by atoms with Gasteiger partial charge in [-0.2, -0.15) is 0 Å². The maximum atomic E-state index is 6.34. The Hall–Kier alpha value is -5.06. The number of halogens is 1. The van der Waals surface area contributed by atoms with Crippen LogP contribution in [-0.2, 0) is 9.74 Å². The molecular formula is C40H23BrN2O. The fourth-order valence-corrected chi connectivity index (χ4v) is 8.93. The molecule has 44 heavy (non-hydrogen) atoms. The standard InChI is InChI=1S/C40H23BrN2O/c41-40-31-18-8-5-15-28(31)39(29-16-6-9-19-32(29)40,30-17-7-10-20-33(30)40)38-42-34-22-26-25-14-4-11-21-35(25)44-36(26)23-27(34)37(43-38)24-12-2-1-3-13-24/h1-23H. The first-order chi connectivity index (χ1) is 21.7. The Morgan fingerprint density at radius 2 is 1.02 bits per heavy atom. The Kier molecular flexibility index (Phi) is 4.72. The number of rotatable bonds is 2. The minimum atomic E-state index is -0.704. The van der Waals surface area contributed by atoms with E-state index in [0.29, 0.717) is 0 Å². The van der Waals surface area contributed by atoms with Crippen LogP contribution in [0.1, 0.15) is 39.2 Å². The zero-order valence-electron chi connectivity index (χ0n) is 23.5. The summed E-state index contributed by atoms with van der Waals surface area (Å²) in [5.74, 6) is 0.776. The summed E-state index contributed by atoms with van der Waals surface area (Å²) in [4.78, 5) is 11.1. The highest BCUT2D eigenvalue weighted by Crippen LogP contribution is 2.65. The average Bonchev–Trinajstić information content (AvgIpc) is 3.45. The number of aromatic nitrogens is 2. The SMILES string of the molecule is BrC12c3ccccc3C(c3nc(-c4ccccc4)c4cc5oc6ccccc6c5cc4n3)(c3ccccc31)c1ccccc12. The predicted octanol–water partition coefficient (Wildman–Crippen LogP) is 9.89. The van der Waals surface area contributed by atoms with Gasteiger partial charge in [0.15, 0.2) is 0 Å². The quantitative estimate of drug-likeness (QED) is 0.179. The lowest BCUT2D eigenvalue weighted by Crippen LogP contribution is -2.49. The van der Waals surface area contributed by atoms with Crippen molar-refractivity contribution in [1.29, 1.82) is 0 Å². The largest absolute Gasteiger partial charge is 0.456 e. The molecule has 0 saturated carbocycles. The molecule has 206 valence electrons. The summed E-state index contributed by atoms with van der Waals surface area (Å²) >= 11 is 4.31. The van der Waals surface area contributed by atoms with Gasteiger partial charge in [0.25, 0.3) is 0 Å². The summed E-state index contributed by atoms with van der Waals surface area (Å²) in [6.07, 6.45) is 0. The molecule has 4 heteroatoms. The van der Waals surface area contributed by atoms with E-state index in [-0.39, 0.29) is 0 Å². The predicted molar refractivity (Wildman–Crippen MR) is 179 cm³/mol. The molecule has 0 N–H and O–H groups in total. The first-order valence-electron chi connectivity index (χ1n) is 14.9. The highest BCUT2D eigenvalue weighted by atomic mass is 79.9. The van der Waals surface area contributed by atoms with E-state index in [4.69, 9.17) is 14.4 Å². The van der Waals surface area contributed by atoms with Crippen LogP contribution in [0.15, 0.2) is 144 Å². The molecule has 0 saturated heterocycles. The molecule has 0 fully saturated rings. The van der Waals surface area contributed by atoms with Gasteiger partial charge in [0, 0.05) is 21.7 Å². The maximum absolute atomic E-state index is 6.34. The number of hydrogen-bond donors (Lipinski definition) is 0.